The van der Waals surface area contributed by atoms with E-state index in [-0.39, 0.29) is 18.4 Å². The third-order valence-electron chi connectivity index (χ3n) is 2.66. The highest BCUT2D eigenvalue weighted by molar-refractivity contribution is 5.85. The van der Waals surface area contributed by atoms with Crippen molar-refractivity contribution >= 4 is 11.9 Å². The van der Waals surface area contributed by atoms with Crippen LogP contribution in [-0.4, -0.2) is 37.6 Å². The highest BCUT2D eigenvalue weighted by atomic mass is 16.5. The number of rotatable bonds is 7. The van der Waals surface area contributed by atoms with E-state index >= 15 is 0 Å². The van der Waals surface area contributed by atoms with E-state index in [0.29, 0.717) is 18.4 Å². The van der Waals surface area contributed by atoms with Crippen LogP contribution in [0.1, 0.15) is 33.1 Å². The second kappa shape index (κ2) is 6.59. The predicted octanol–water partition coefficient (Wildman–Crippen LogP) is 0.442. The average molecular weight is 242 g/mol. The Hall–Kier alpha value is -1.10. The lowest BCUT2D eigenvalue weighted by atomic mass is 10.0. The molecule has 0 radical (unpaired) electrons. The van der Waals surface area contributed by atoms with Crippen molar-refractivity contribution in [2.45, 2.75) is 45.2 Å². The maximum Gasteiger partial charge on any atom is 0.328 e. The van der Waals surface area contributed by atoms with E-state index in [1.807, 2.05) is 13.8 Å². The van der Waals surface area contributed by atoms with E-state index in [1.54, 1.807) is 0 Å². The lowest BCUT2D eigenvalue weighted by Crippen LogP contribution is -2.46. The molecule has 17 heavy (non-hydrogen) atoms. The van der Waals surface area contributed by atoms with Gasteiger partial charge in [-0.05, 0) is 25.2 Å². The summed E-state index contributed by atoms with van der Waals surface area (Å²) in [6.45, 7) is 4.28. The molecule has 0 aliphatic heterocycles. The standard InChI is InChI=1S/C12H22N2O3/c1-8(2)6-10(12(16)17-3)14-11(15)7-13-9-4-5-9/h8-10,13H,4-7H2,1-3H3,(H,14,15)/t10-/m0/s1. The largest absolute Gasteiger partial charge is 0.467 e. The summed E-state index contributed by atoms with van der Waals surface area (Å²) in [5, 5.41) is 5.81. The van der Waals surface area contributed by atoms with Gasteiger partial charge in [0.05, 0.1) is 13.7 Å². The minimum Gasteiger partial charge on any atom is -0.467 e. The Balaban J connectivity index is 2.34. The van der Waals surface area contributed by atoms with Crippen LogP contribution in [0.4, 0.5) is 0 Å². The molecule has 0 unspecified atom stereocenters. The van der Waals surface area contributed by atoms with Crippen LogP contribution in [0.25, 0.3) is 0 Å². The van der Waals surface area contributed by atoms with Crippen molar-refractivity contribution in [2.24, 2.45) is 5.92 Å². The maximum atomic E-state index is 11.6. The zero-order chi connectivity index (χ0) is 12.8. The molecule has 0 aromatic rings. The van der Waals surface area contributed by atoms with Crippen molar-refractivity contribution < 1.29 is 14.3 Å². The number of ether oxygens (including phenoxy) is 1. The molecule has 0 spiro atoms. The van der Waals surface area contributed by atoms with E-state index < -0.39 is 6.04 Å². The number of hydrogen-bond donors (Lipinski definition) is 2. The molecule has 1 saturated carbocycles. The summed E-state index contributed by atoms with van der Waals surface area (Å²) in [6, 6.07) is -0.0454. The summed E-state index contributed by atoms with van der Waals surface area (Å²) >= 11 is 0. The number of hydrogen-bond acceptors (Lipinski definition) is 4. The normalized spacial score (nSPS) is 16.7. The Morgan fingerprint density at radius 3 is 2.47 bits per heavy atom. The molecule has 1 aliphatic carbocycles. The quantitative estimate of drug-likeness (QED) is 0.636. The molecule has 98 valence electrons. The van der Waals surface area contributed by atoms with Crippen LogP contribution in [0, 0.1) is 5.92 Å². The zero-order valence-electron chi connectivity index (χ0n) is 10.8. The van der Waals surface area contributed by atoms with E-state index in [2.05, 4.69) is 15.4 Å². The Kier molecular flexibility index (Phi) is 5.41. The monoisotopic (exact) mass is 242 g/mol. The van der Waals surface area contributed by atoms with Gasteiger partial charge in [-0.1, -0.05) is 13.8 Å². The van der Waals surface area contributed by atoms with Crippen molar-refractivity contribution in [1.29, 1.82) is 0 Å². The molecule has 0 aromatic heterocycles. The lowest BCUT2D eigenvalue weighted by molar-refractivity contribution is -0.145. The number of methoxy groups -OCH3 is 1. The second-order valence-electron chi connectivity index (χ2n) is 4.93. The van der Waals surface area contributed by atoms with Crippen LogP contribution in [-0.2, 0) is 14.3 Å². The van der Waals surface area contributed by atoms with Gasteiger partial charge in [-0.15, -0.1) is 0 Å². The lowest BCUT2D eigenvalue weighted by Gasteiger charge is -2.18. The summed E-state index contributed by atoms with van der Waals surface area (Å²) in [5.41, 5.74) is 0. The van der Waals surface area contributed by atoms with Crippen LogP contribution < -0.4 is 10.6 Å². The van der Waals surface area contributed by atoms with Gasteiger partial charge in [-0.2, -0.15) is 0 Å². The third kappa shape index (κ3) is 5.68. The summed E-state index contributed by atoms with van der Waals surface area (Å²) in [4.78, 5) is 23.1. The summed E-state index contributed by atoms with van der Waals surface area (Å²) in [7, 11) is 1.34. The topological polar surface area (TPSA) is 67.4 Å². The number of nitrogens with one attached hydrogen (secondary N) is 2. The fourth-order valence-corrected chi connectivity index (χ4v) is 1.60. The number of carbonyl (C=O) groups is 2. The molecule has 0 aromatic carbocycles. The van der Waals surface area contributed by atoms with Crippen molar-refractivity contribution in [3.8, 4) is 0 Å². The first-order valence-corrected chi connectivity index (χ1v) is 6.13. The van der Waals surface area contributed by atoms with E-state index in [0.717, 1.165) is 12.8 Å². The Morgan fingerprint density at radius 2 is 2.00 bits per heavy atom. The van der Waals surface area contributed by atoms with Crippen molar-refractivity contribution in [2.75, 3.05) is 13.7 Å². The summed E-state index contributed by atoms with van der Waals surface area (Å²) < 4.78 is 4.68. The van der Waals surface area contributed by atoms with Crippen molar-refractivity contribution in [3.05, 3.63) is 0 Å². The molecule has 5 heteroatoms. The van der Waals surface area contributed by atoms with Crippen LogP contribution in [0.5, 0.6) is 0 Å². The number of esters is 1. The van der Waals surface area contributed by atoms with Crippen LogP contribution in [0.15, 0.2) is 0 Å². The fourth-order valence-electron chi connectivity index (χ4n) is 1.60. The van der Waals surface area contributed by atoms with Gasteiger partial charge in [0.25, 0.3) is 0 Å². The number of amides is 1. The Labute approximate surface area is 102 Å². The van der Waals surface area contributed by atoms with Gasteiger partial charge >= 0.3 is 5.97 Å². The van der Waals surface area contributed by atoms with Gasteiger partial charge in [-0.25, -0.2) is 4.79 Å². The zero-order valence-corrected chi connectivity index (χ0v) is 10.8. The highest BCUT2D eigenvalue weighted by Gasteiger charge is 2.24. The van der Waals surface area contributed by atoms with Gasteiger partial charge in [-0.3, -0.25) is 4.79 Å². The molecular weight excluding hydrogens is 220 g/mol. The van der Waals surface area contributed by atoms with E-state index in [4.69, 9.17) is 0 Å². The molecule has 1 aliphatic rings. The van der Waals surface area contributed by atoms with Gasteiger partial charge < -0.3 is 15.4 Å². The van der Waals surface area contributed by atoms with E-state index in [9.17, 15) is 9.59 Å². The first-order valence-electron chi connectivity index (χ1n) is 6.13. The molecular formula is C12H22N2O3. The highest BCUT2D eigenvalue weighted by Crippen LogP contribution is 2.17. The summed E-state index contributed by atoms with van der Waals surface area (Å²) in [6.07, 6.45) is 2.88. The predicted molar refractivity (Wildman–Crippen MR) is 64.4 cm³/mol. The molecule has 0 saturated heterocycles. The van der Waals surface area contributed by atoms with Crippen molar-refractivity contribution in [3.63, 3.8) is 0 Å². The Bertz CT molecular complexity index is 275. The van der Waals surface area contributed by atoms with Crippen LogP contribution in [0.2, 0.25) is 0 Å². The minimum absolute atomic E-state index is 0.145. The molecule has 1 fully saturated rings. The smallest absolute Gasteiger partial charge is 0.328 e. The molecule has 2 N–H and O–H groups in total. The molecule has 1 amide bonds. The molecule has 0 bridgehead atoms. The Morgan fingerprint density at radius 1 is 1.35 bits per heavy atom. The van der Waals surface area contributed by atoms with Gasteiger partial charge in [0.1, 0.15) is 6.04 Å². The summed E-state index contributed by atoms with van der Waals surface area (Å²) in [5.74, 6) is -0.192. The van der Waals surface area contributed by atoms with Gasteiger partial charge in [0.2, 0.25) is 5.91 Å². The average Bonchev–Trinajstić information content (AvgIpc) is 3.07. The first kappa shape index (κ1) is 14.0. The molecule has 0 heterocycles. The number of carbonyl (C=O) groups excluding carboxylic acids is 2. The maximum absolute atomic E-state index is 11.6. The molecule has 1 rings (SSSR count). The van der Waals surface area contributed by atoms with Gasteiger partial charge in [0.15, 0.2) is 0 Å². The minimum atomic E-state index is -0.534. The van der Waals surface area contributed by atoms with Crippen LogP contribution in [0.3, 0.4) is 0 Å². The van der Waals surface area contributed by atoms with E-state index in [1.165, 1.54) is 7.11 Å². The first-order chi connectivity index (χ1) is 8.02. The van der Waals surface area contributed by atoms with Crippen LogP contribution >= 0.6 is 0 Å². The van der Waals surface area contributed by atoms with Crippen molar-refractivity contribution in [1.82, 2.24) is 10.6 Å². The fraction of sp³-hybridized carbons (Fsp3) is 0.833. The third-order valence-corrected chi connectivity index (χ3v) is 2.66. The molecule has 5 nitrogen and oxygen atoms in total. The van der Waals surface area contributed by atoms with Gasteiger partial charge in [0, 0.05) is 6.04 Å². The second-order valence-corrected chi connectivity index (χ2v) is 4.93. The molecule has 1 atom stereocenters. The SMILES string of the molecule is COC(=O)[C@H](CC(C)C)NC(=O)CNC1CC1.